The summed E-state index contributed by atoms with van der Waals surface area (Å²) in [5, 5.41) is 2.67. The van der Waals surface area contributed by atoms with E-state index < -0.39 is 65.0 Å². The molecule has 1 saturated heterocycles. The van der Waals surface area contributed by atoms with Crippen molar-refractivity contribution in [3.63, 3.8) is 0 Å². The van der Waals surface area contributed by atoms with Crippen LogP contribution in [0.15, 0.2) is 0 Å². The highest BCUT2D eigenvalue weighted by molar-refractivity contribution is 6.67. The molecule has 4 saturated carbocycles. The predicted molar refractivity (Wildman–Crippen MR) is 213 cm³/mol. The molecule has 5 fully saturated rings. The van der Waals surface area contributed by atoms with E-state index in [4.69, 9.17) is 63.2 Å². The number of fused-ring (bicyclic) bond motifs is 5. The van der Waals surface area contributed by atoms with Crippen molar-refractivity contribution in [2.45, 2.75) is 173 Å². The van der Waals surface area contributed by atoms with Crippen molar-refractivity contribution in [2.24, 2.45) is 52.3 Å². The van der Waals surface area contributed by atoms with Crippen molar-refractivity contribution in [3.8, 4) is 0 Å². The molecular weight excluding hydrogens is 785 g/mol. The molecule has 0 aromatic heterocycles. The summed E-state index contributed by atoms with van der Waals surface area (Å²) in [5.41, 5.74) is 0.614. The van der Waals surface area contributed by atoms with Gasteiger partial charge in [0.25, 0.3) is 0 Å². The largest absolute Gasteiger partial charge is 0.463 e. The first kappa shape index (κ1) is 45.6. The highest BCUT2D eigenvalue weighted by Crippen LogP contribution is 2.68. The Labute approximate surface area is 348 Å². The zero-order valence-corrected chi connectivity index (χ0v) is 36.9. The summed E-state index contributed by atoms with van der Waals surface area (Å²) in [7, 11) is 0. The van der Waals surface area contributed by atoms with Crippen molar-refractivity contribution >= 4 is 58.8 Å². The zero-order chi connectivity index (χ0) is 41.2. The molecule has 5 aliphatic rings. The summed E-state index contributed by atoms with van der Waals surface area (Å²) in [4.78, 5) is 49.8. The Balaban J connectivity index is 1.32. The first-order chi connectivity index (χ1) is 26.2. The van der Waals surface area contributed by atoms with Gasteiger partial charge in [-0.05, 0) is 110 Å². The highest BCUT2D eigenvalue weighted by atomic mass is 35.6. The highest BCUT2D eigenvalue weighted by Gasteiger charge is 2.61. The fourth-order valence-corrected chi connectivity index (χ4v) is 12.2. The molecule has 56 heavy (non-hydrogen) atoms. The predicted octanol–water partition coefficient (Wildman–Crippen LogP) is 9.11. The van der Waals surface area contributed by atoms with Crippen LogP contribution in [-0.2, 0) is 42.8 Å². The maximum Gasteiger partial charge on any atom is 0.407 e. The van der Waals surface area contributed by atoms with Gasteiger partial charge in [-0.25, -0.2) is 4.79 Å². The van der Waals surface area contributed by atoms with Crippen molar-refractivity contribution in [3.05, 3.63) is 0 Å². The monoisotopic (exact) mass is 849 g/mol. The molecule has 0 aromatic rings. The molecule has 11 nitrogen and oxygen atoms in total. The van der Waals surface area contributed by atoms with Gasteiger partial charge in [0, 0.05) is 20.8 Å². The van der Waals surface area contributed by atoms with Crippen LogP contribution in [0, 0.1) is 52.3 Å². The first-order valence-corrected chi connectivity index (χ1v) is 22.1. The summed E-state index contributed by atoms with van der Waals surface area (Å²) in [6, 6.07) is -1.21. The van der Waals surface area contributed by atoms with E-state index in [-0.39, 0.29) is 18.1 Å². The lowest BCUT2D eigenvalue weighted by Gasteiger charge is -2.61. The number of carbonyl (C=O) groups excluding carboxylic acids is 4. The minimum atomic E-state index is -1.88. The first-order valence-electron chi connectivity index (χ1n) is 21.0. The summed E-state index contributed by atoms with van der Waals surface area (Å²) in [5.74, 6) is 3.02. The average molecular weight is 851 g/mol. The third kappa shape index (κ3) is 10.8. The second kappa shape index (κ2) is 18.8. The van der Waals surface area contributed by atoms with E-state index in [1.807, 2.05) is 0 Å². The van der Waals surface area contributed by atoms with Crippen molar-refractivity contribution in [2.75, 3.05) is 13.2 Å². The van der Waals surface area contributed by atoms with Gasteiger partial charge in [-0.1, -0.05) is 88.7 Å². The standard InChI is InChI=1S/C42H66Cl3NO10/c1-23(2)10-9-11-24(3)31-14-15-32-30-13-12-28-20-29(16-18-40(28,7)33(30)17-19-41(31,32)8)55-38-35(46-39(50)52-22-42(43,44)45)37(54-27(6)49)36(53-26(5)48)34(56-38)21-51-25(4)47/h23-24,28-38H,9-22H2,1-8H3,(H,46,50)/t24-,28+,29+,30+,31-,32+,33+,34-,35-,36-,37-,38-,40+,41-/m1/s1. The summed E-state index contributed by atoms with van der Waals surface area (Å²) in [6.45, 7) is 15.1. The third-order valence-corrected chi connectivity index (χ3v) is 14.8. The Morgan fingerprint density at radius 2 is 1.46 bits per heavy atom. The lowest BCUT2D eigenvalue weighted by molar-refractivity contribution is -0.293. The number of amides is 1. The minimum absolute atomic E-state index is 0.190. The molecule has 4 aliphatic carbocycles. The molecule has 320 valence electrons. The molecule has 1 N–H and O–H groups in total. The number of halogens is 3. The molecule has 0 aromatic carbocycles. The maximum atomic E-state index is 13.1. The van der Waals surface area contributed by atoms with Crippen LogP contribution in [-0.4, -0.2) is 77.8 Å². The SMILES string of the molecule is CC(=O)OC[C@H]1O[C@@H](O[C@H]2CC[C@@]3(C)[C@@H](CC[C@@H]4[C@@H]3CC[C@]3(C)[C@@H]([C@H](C)CCCC(C)C)CC[C@@H]43)C2)[C@H](NC(=O)OCC(Cl)(Cl)Cl)[C@@H](OC(C)=O)[C@@H]1OC(C)=O. The second-order valence-electron chi connectivity index (χ2n) is 18.6. The van der Waals surface area contributed by atoms with Crippen LogP contribution in [0.2, 0.25) is 0 Å². The van der Waals surface area contributed by atoms with Gasteiger partial charge in [0.1, 0.15) is 25.4 Å². The van der Waals surface area contributed by atoms with E-state index in [0.29, 0.717) is 17.3 Å². The Kier molecular flexibility index (Phi) is 15.3. The van der Waals surface area contributed by atoms with Crippen molar-refractivity contribution < 1.29 is 47.6 Å². The van der Waals surface area contributed by atoms with Crippen LogP contribution < -0.4 is 5.32 Å². The fourth-order valence-electron chi connectivity index (χ4n) is 12.1. The average Bonchev–Trinajstić information content (AvgIpc) is 3.45. The molecule has 0 bridgehead atoms. The zero-order valence-electron chi connectivity index (χ0n) is 34.6. The second-order valence-corrected chi connectivity index (χ2v) is 21.1. The Bertz CT molecular complexity index is 1390. The van der Waals surface area contributed by atoms with Crippen LogP contribution in [0.4, 0.5) is 4.79 Å². The summed E-state index contributed by atoms with van der Waals surface area (Å²) in [6.07, 6.45) is 8.15. The van der Waals surface area contributed by atoms with Crippen LogP contribution in [0.25, 0.3) is 0 Å². The number of ether oxygens (including phenoxy) is 6. The number of hydrogen-bond acceptors (Lipinski definition) is 10. The van der Waals surface area contributed by atoms with E-state index in [9.17, 15) is 19.2 Å². The molecule has 14 heteroatoms. The van der Waals surface area contributed by atoms with E-state index in [0.717, 1.165) is 55.3 Å². The molecule has 1 aliphatic heterocycles. The van der Waals surface area contributed by atoms with E-state index in [1.54, 1.807) is 0 Å². The van der Waals surface area contributed by atoms with Gasteiger partial charge in [-0.2, -0.15) is 0 Å². The molecule has 5 rings (SSSR count). The fraction of sp³-hybridized carbons (Fsp3) is 0.905. The number of hydrogen-bond donors (Lipinski definition) is 1. The lowest BCUT2D eigenvalue weighted by Crippen LogP contribution is -2.67. The van der Waals surface area contributed by atoms with Gasteiger partial charge in [-0.3, -0.25) is 14.4 Å². The topological polar surface area (TPSA) is 136 Å². The van der Waals surface area contributed by atoms with Crippen molar-refractivity contribution in [1.29, 1.82) is 0 Å². The quantitative estimate of drug-likeness (QED) is 0.0828. The van der Waals surface area contributed by atoms with E-state index >= 15 is 0 Å². The van der Waals surface area contributed by atoms with Gasteiger partial charge in [-0.15, -0.1) is 0 Å². The number of rotatable bonds is 13. The maximum absolute atomic E-state index is 13.1. The van der Waals surface area contributed by atoms with Gasteiger partial charge in [0.2, 0.25) is 3.79 Å². The molecular formula is C42H66Cl3NO10. The molecule has 1 amide bonds. The van der Waals surface area contributed by atoms with Gasteiger partial charge in [0.05, 0.1) is 6.10 Å². The molecule has 14 atom stereocenters. The smallest absolute Gasteiger partial charge is 0.407 e. The van der Waals surface area contributed by atoms with Crippen LogP contribution in [0.5, 0.6) is 0 Å². The number of alkyl halides is 3. The number of nitrogens with one attached hydrogen (secondary N) is 1. The Morgan fingerprint density at radius 1 is 0.804 bits per heavy atom. The number of esters is 3. The third-order valence-electron chi connectivity index (χ3n) is 14.5. The summed E-state index contributed by atoms with van der Waals surface area (Å²) < 4.78 is 33.0. The van der Waals surface area contributed by atoms with E-state index in [2.05, 4.69) is 39.9 Å². The molecule has 0 unspecified atom stereocenters. The number of carbonyl (C=O) groups is 4. The van der Waals surface area contributed by atoms with E-state index in [1.165, 1.54) is 72.1 Å². The molecule has 0 radical (unpaired) electrons. The Hall–Kier alpha value is -1.53. The normalized spacial score (nSPS) is 38.7. The lowest BCUT2D eigenvalue weighted by atomic mass is 9.44. The Morgan fingerprint density at radius 3 is 2.11 bits per heavy atom. The minimum Gasteiger partial charge on any atom is -0.463 e. The molecule has 1 heterocycles. The van der Waals surface area contributed by atoms with Gasteiger partial charge < -0.3 is 33.7 Å². The van der Waals surface area contributed by atoms with Gasteiger partial charge in [0.15, 0.2) is 18.5 Å². The van der Waals surface area contributed by atoms with Gasteiger partial charge >= 0.3 is 24.0 Å². The number of alkyl carbamates (subject to hydrolysis) is 1. The van der Waals surface area contributed by atoms with Crippen molar-refractivity contribution in [1.82, 2.24) is 5.32 Å². The van der Waals surface area contributed by atoms with Crippen LogP contribution in [0.3, 0.4) is 0 Å². The summed E-state index contributed by atoms with van der Waals surface area (Å²) >= 11 is 17.5. The van der Waals surface area contributed by atoms with Crippen LogP contribution >= 0.6 is 34.8 Å². The van der Waals surface area contributed by atoms with Crippen LogP contribution in [0.1, 0.15) is 132 Å². The molecule has 0 spiro atoms.